The second-order valence-electron chi connectivity index (χ2n) is 6.87. The Hall–Kier alpha value is -0.940. The van der Waals surface area contributed by atoms with Crippen LogP contribution >= 0.6 is 0 Å². The van der Waals surface area contributed by atoms with Crippen molar-refractivity contribution in [1.82, 2.24) is 15.1 Å². The van der Waals surface area contributed by atoms with Crippen molar-refractivity contribution < 1.29 is 5.11 Å². The van der Waals surface area contributed by atoms with Gasteiger partial charge in [0.2, 0.25) is 0 Å². The van der Waals surface area contributed by atoms with E-state index in [-0.39, 0.29) is 6.61 Å². The molecule has 0 spiro atoms. The fourth-order valence-electron chi connectivity index (χ4n) is 3.25. The maximum Gasteiger partial charge on any atom is 0.0681 e. The molecule has 2 unspecified atom stereocenters. The van der Waals surface area contributed by atoms with Gasteiger partial charge in [0.15, 0.2) is 0 Å². The number of hydrogen-bond donors (Lipinski definition) is 2. The van der Waals surface area contributed by atoms with E-state index in [4.69, 9.17) is 0 Å². The number of piperazine rings is 1. The van der Waals surface area contributed by atoms with Gasteiger partial charge in [-0.15, -0.1) is 0 Å². The lowest BCUT2D eigenvalue weighted by molar-refractivity contribution is 0.123. The van der Waals surface area contributed by atoms with E-state index < -0.39 is 0 Å². The van der Waals surface area contributed by atoms with E-state index in [0.29, 0.717) is 12.0 Å². The second-order valence-corrected chi connectivity index (χ2v) is 6.87. The Kier molecular flexibility index (Phi) is 7.50. The Morgan fingerprint density at radius 1 is 1.13 bits per heavy atom. The second kappa shape index (κ2) is 9.38. The molecule has 1 heterocycles. The molecule has 0 radical (unpaired) electrons. The topological polar surface area (TPSA) is 38.7 Å². The fourth-order valence-corrected chi connectivity index (χ4v) is 3.25. The maximum atomic E-state index is 9.25. The maximum absolute atomic E-state index is 9.25. The lowest BCUT2D eigenvalue weighted by Gasteiger charge is -2.35. The number of likely N-dealkylation sites (N-methyl/N-ethyl adjacent to an activating group) is 1. The molecule has 0 saturated carbocycles. The monoisotopic (exact) mass is 319 g/mol. The third-order valence-corrected chi connectivity index (χ3v) is 4.89. The van der Waals surface area contributed by atoms with Gasteiger partial charge in [-0.25, -0.2) is 0 Å². The molecule has 0 bridgehead atoms. The van der Waals surface area contributed by atoms with Crippen LogP contribution in [0.3, 0.4) is 0 Å². The first-order valence-electron chi connectivity index (χ1n) is 9.00. The first-order valence-corrected chi connectivity index (χ1v) is 9.00. The van der Waals surface area contributed by atoms with Crippen LogP contribution in [0.4, 0.5) is 0 Å². The molecular weight excluding hydrogens is 286 g/mol. The number of nitrogens with one attached hydrogen (secondary N) is 1. The van der Waals surface area contributed by atoms with Gasteiger partial charge in [-0.05, 0) is 37.1 Å². The Balaban J connectivity index is 1.72. The largest absolute Gasteiger partial charge is 0.392 e. The zero-order chi connectivity index (χ0) is 16.7. The van der Waals surface area contributed by atoms with E-state index in [1.165, 1.54) is 44.8 Å². The Bertz CT molecular complexity index is 458. The van der Waals surface area contributed by atoms with E-state index >= 15 is 0 Å². The van der Waals surface area contributed by atoms with Gasteiger partial charge in [-0.3, -0.25) is 0 Å². The zero-order valence-corrected chi connectivity index (χ0v) is 15.0. The number of benzene rings is 1. The van der Waals surface area contributed by atoms with Gasteiger partial charge in [0.25, 0.3) is 0 Å². The highest BCUT2D eigenvalue weighted by molar-refractivity contribution is 5.25. The molecule has 4 nitrogen and oxygen atoms in total. The van der Waals surface area contributed by atoms with E-state index in [0.717, 1.165) is 12.1 Å². The lowest BCUT2D eigenvalue weighted by Crippen LogP contribution is -2.48. The van der Waals surface area contributed by atoms with Crippen LogP contribution in [-0.2, 0) is 6.61 Å². The van der Waals surface area contributed by atoms with Crippen LogP contribution in [-0.4, -0.2) is 60.7 Å². The van der Waals surface area contributed by atoms with Crippen LogP contribution < -0.4 is 5.32 Å². The minimum atomic E-state index is 0.112. The Labute approximate surface area is 141 Å². The molecule has 0 amide bonds. The summed E-state index contributed by atoms with van der Waals surface area (Å²) in [7, 11) is 0. The minimum Gasteiger partial charge on any atom is -0.392 e. The molecule has 130 valence electrons. The van der Waals surface area contributed by atoms with Crippen molar-refractivity contribution in [2.24, 2.45) is 5.92 Å². The van der Waals surface area contributed by atoms with Crippen molar-refractivity contribution in [3.63, 3.8) is 0 Å². The predicted molar refractivity (Wildman–Crippen MR) is 96.5 cm³/mol. The van der Waals surface area contributed by atoms with Crippen molar-refractivity contribution in [3.05, 3.63) is 35.4 Å². The standard InChI is InChI=1S/C19H33N3O/c1-4-21-8-10-22(11-9-21)14-16(2)13-20-17(3)19-7-5-6-18(12-19)15-23/h5-7,12,16-17,20,23H,4,8-11,13-15H2,1-3H3. The van der Waals surface area contributed by atoms with Crippen LogP contribution in [0.1, 0.15) is 37.9 Å². The van der Waals surface area contributed by atoms with Crippen LogP contribution in [0.2, 0.25) is 0 Å². The number of aliphatic hydroxyl groups excluding tert-OH is 1. The van der Waals surface area contributed by atoms with Crippen LogP contribution in [0, 0.1) is 5.92 Å². The van der Waals surface area contributed by atoms with Crippen molar-refractivity contribution >= 4 is 0 Å². The van der Waals surface area contributed by atoms with Crippen molar-refractivity contribution in [2.45, 2.75) is 33.4 Å². The molecule has 1 aromatic rings. The van der Waals surface area contributed by atoms with Gasteiger partial charge in [0, 0.05) is 38.8 Å². The predicted octanol–water partition coefficient (Wildman–Crippen LogP) is 2.10. The van der Waals surface area contributed by atoms with Gasteiger partial charge < -0.3 is 20.2 Å². The highest BCUT2D eigenvalue weighted by Crippen LogP contribution is 2.15. The molecule has 2 rings (SSSR count). The minimum absolute atomic E-state index is 0.112. The summed E-state index contributed by atoms with van der Waals surface area (Å²) in [4.78, 5) is 5.12. The average Bonchev–Trinajstić information content (AvgIpc) is 2.60. The van der Waals surface area contributed by atoms with Crippen molar-refractivity contribution in [2.75, 3.05) is 45.8 Å². The molecule has 0 aromatic heterocycles. The Morgan fingerprint density at radius 2 is 1.83 bits per heavy atom. The highest BCUT2D eigenvalue weighted by atomic mass is 16.3. The summed E-state index contributed by atoms with van der Waals surface area (Å²) >= 11 is 0. The number of rotatable bonds is 8. The van der Waals surface area contributed by atoms with Crippen molar-refractivity contribution in [3.8, 4) is 0 Å². The molecule has 2 N–H and O–H groups in total. The molecular formula is C19H33N3O. The summed E-state index contributed by atoms with van der Waals surface area (Å²) in [5, 5.41) is 12.9. The Morgan fingerprint density at radius 3 is 2.48 bits per heavy atom. The summed E-state index contributed by atoms with van der Waals surface area (Å²) in [5.74, 6) is 0.645. The smallest absolute Gasteiger partial charge is 0.0681 e. The average molecular weight is 319 g/mol. The number of nitrogens with zero attached hydrogens (tertiary/aromatic N) is 2. The van der Waals surface area contributed by atoms with Gasteiger partial charge in [0.05, 0.1) is 6.61 Å². The molecule has 1 aliphatic heterocycles. The first-order chi connectivity index (χ1) is 11.1. The van der Waals surface area contributed by atoms with Crippen molar-refractivity contribution in [1.29, 1.82) is 0 Å². The molecule has 1 saturated heterocycles. The summed E-state index contributed by atoms with van der Waals surface area (Å²) in [5.41, 5.74) is 2.23. The molecule has 4 heteroatoms. The third kappa shape index (κ3) is 5.88. The summed E-state index contributed by atoms with van der Waals surface area (Å²) in [6, 6.07) is 8.53. The molecule has 1 fully saturated rings. The van der Waals surface area contributed by atoms with Crippen LogP contribution in [0.15, 0.2) is 24.3 Å². The highest BCUT2D eigenvalue weighted by Gasteiger charge is 2.17. The number of aliphatic hydroxyl groups is 1. The summed E-state index contributed by atoms with van der Waals surface area (Å²) in [6.07, 6.45) is 0. The quantitative estimate of drug-likeness (QED) is 0.770. The molecule has 1 aromatic carbocycles. The fraction of sp³-hybridized carbons (Fsp3) is 0.684. The third-order valence-electron chi connectivity index (χ3n) is 4.89. The van der Waals surface area contributed by atoms with Crippen LogP contribution in [0.25, 0.3) is 0 Å². The van der Waals surface area contributed by atoms with E-state index in [9.17, 15) is 5.11 Å². The molecule has 2 atom stereocenters. The van der Waals surface area contributed by atoms with Gasteiger partial charge in [-0.2, -0.15) is 0 Å². The molecule has 1 aliphatic rings. The van der Waals surface area contributed by atoms with Crippen LogP contribution in [0.5, 0.6) is 0 Å². The first kappa shape index (κ1) is 18.4. The SMILES string of the molecule is CCN1CCN(CC(C)CNC(C)c2cccc(CO)c2)CC1. The van der Waals surface area contributed by atoms with E-state index in [1.807, 2.05) is 12.1 Å². The van der Waals surface area contributed by atoms with E-state index in [2.05, 4.69) is 48.0 Å². The normalized spacial score (nSPS) is 19.7. The lowest BCUT2D eigenvalue weighted by atomic mass is 10.0. The molecule has 23 heavy (non-hydrogen) atoms. The van der Waals surface area contributed by atoms with Gasteiger partial charge in [-0.1, -0.05) is 38.1 Å². The number of hydrogen-bond acceptors (Lipinski definition) is 4. The van der Waals surface area contributed by atoms with Gasteiger partial charge in [0.1, 0.15) is 0 Å². The summed E-state index contributed by atoms with van der Waals surface area (Å²) < 4.78 is 0. The molecule has 0 aliphatic carbocycles. The van der Waals surface area contributed by atoms with Gasteiger partial charge >= 0.3 is 0 Å². The zero-order valence-electron chi connectivity index (χ0n) is 15.0. The summed E-state index contributed by atoms with van der Waals surface area (Å²) in [6.45, 7) is 15.1. The van der Waals surface area contributed by atoms with E-state index in [1.54, 1.807) is 0 Å².